The molecule has 2 N–H and O–H groups in total. The van der Waals surface area contributed by atoms with E-state index in [1.165, 1.54) is 13.2 Å². The summed E-state index contributed by atoms with van der Waals surface area (Å²) in [5, 5.41) is 5.92. The van der Waals surface area contributed by atoms with E-state index in [-0.39, 0.29) is 11.4 Å². The molecule has 0 aliphatic heterocycles. The number of nitrogens with one attached hydrogen (secondary N) is 2. The highest BCUT2D eigenvalue weighted by Gasteiger charge is 2.31. The number of halogens is 3. The Kier molecular flexibility index (Phi) is 5.59. The van der Waals surface area contributed by atoms with Crippen LogP contribution in [-0.2, 0) is 17.5 Å². The van der Waals surface area contributed by atoms with E-state index in [4.69, 9.17) is 9.47 Å². The van der Waals surface area contributed by atoms with Gasteiger partial charge in [-0.15, -0.1) is 0 Å². The smallest absolute Gasteiger partial charge is 0.416 e. The zero-order valence-electron chi connectivity index (χ0n) is 15.6. The van der Waals surface area contributed by atoms with Crippen LogP contribution in [0.15, 0.2) is 30.5 Å². The van der Waals surface area contributed by atoms with Gasteiger partial charge >= 0.3 is 6.18 Å². The van der Waals surface area contributed by atoms with Gasteiger partial charge in [-0.05, 0) is 12.1 Å². The van der Waals surface area contributed by atoms with Gasteiger partial charge in [-0.1, -0.05) is 0 Å². The molecule has 0 saturated carbocycles. The molecule has 2 heterocycles. The number of benzene rings is 1. The number of hydrogen-bond donors (Lipinski definition) is 2. The maximum absolute atomic E-state index is 13.1. The fraction of sp³-hybridized carbons (Fsp3) is 0.333. The van der Waals surface area contributed by atoms with E-state index in [1.54, 1.807) is 26.4 Å². The van der Waals surface area contributed by atoms with Crippen LogP contribution in [0.1, 0.15) is 5.56 Å². The Hall–Kier alpha value is -3.01. The van der Waals surface area contributed by atoms with Gasteiger partial charge in [-0.2, -0.15) is 13.2 Å². The van der Waals surface area contributed by atoms with Gasteiger partial charge in [0.2, 0.25) is 5.95 Å². The number of alkyl halides is 3. The van der Waals surface area contributed by atoms with Crippen LogP contribution < -0.4 is 15.4 Å². The Balaban J connectivity index is 1.98. The van der Waals surface area contributed by atoms with Crippen molar-refractivity contribution in [3.05, 3.63) is 36.0 Å². The fourth-order valence-electron chi connectivity index (χ4n) is 2.80. The molecule has 0 unspecified atom stereocenters. The van der Waals surface area contributed by atoms with Gasteiger partial charge in [0.15, 0.2) is 0 Å². The summed E-state index contributed by atoms with van der Waals surface area (Å²) in [6.45, 7) is 1.04. The Morgan fingerprint density at radius 3 is 2.57 bits per heavy atom. The minimum absolute atomic E-state index is 0.0982. The first-order chi connectivity index (χ1) is 13.4. The lowest BCUT2D eigenvalue weighted by molar-refractivity contribution is -0.137. The first-order valence-electron chi connectivity index (χ1n) is 8.42. The van der Waals surface area contributed by atoms with Crippen molar-refractivity contribution < 1.29 is 22.6 Å². The molecule has 0 fully saturated rings. The number of nitrogens with zero attached hydrogens (tertiary/aromatic N) is 3. The SMILES string of the molecule is CNc1nc2cnc(Nc3cc(OC)cc(C(F)(F)F)c3)cc2n1CCOC. The third-order valence-corrected chi connectivity index (χ3v) is 4.12. The van der Waals surface area contributed by atoms with Crippen molar-refractivity contribution >= 4 is 28.5 Å². The second kappa shape index (κ2) is 7.93. The van der Waals surface area contributed by atoms with Crippen LogP contribution in [0.5, 0.6) is 5.75 Å². The highest BCUT2D eigenvalue weighted by Crippen LogP contribution is 2.35. The molecule has 0 bridgehead atoms. The Bertz CT molecular complexity index is 972. The molecule has 150 valence electrons. The van der Waals surface area contributed by atoms with E-state index >= 15 is 0 Å². The van der Waals surface area contributed by atoms with Crippen molar-refractivity contribution in [1.29, 1.82) is 0 Å². The summed E-state index contributed by atoms with van der Waals surface area (Å²) >= 11 is 0. The second-order valence-corrected chi connectivity index (χ2v) is 5.96. The second-order valence-electron chi connectivity index (χ2n) is 5.96. The van der Waals surface area contributed by atoms with Crippen molar-refractivity contribution in [3.63, 3.8) is 0 Å². The molecule has 3 aromatic rings. The van der Waals surface area contributed by atoms with Crippen LogP contribution in [0.25, 0.3) is 11.0 Å². The summed E-state index contributed by atoms with van der Waals surface area (Å²) in [6, 6.07) is 5.16. The molecule has 10 heteroatoms. The maximum Gasteiger partial charge on any atom is 0.416 e. The molecule has 0 atom stereocenters. The van der Waals surface area contributed by atoms with Gasteiger partial charge in [0.1, 0.15) is 17.1 Å². The van der Waals surface area contributed by atoms with Gasteiger partial charge in [0, 0.05) is 38.5 Å². The minimum Gasteiger partial charge on any atom is -0.497 e. The third kappa shape index (κ3) is 4.11. The number of anilines is 3. The molecular formula is C18H20F3N5O2. The van der Waals surface area contributed by atoms with E-state index in [0.29, 0.717) is 30.4 Å². The number of hydrogen-bond acceptors (Lipinski definition) is 6. The Labute approximate surface area is 159 Å². The molecule has 0 spiro atoms. The zero-order chi connectivity index (χ0) is 20.3. The topological polar surface area (TPSA) is 73.2 Å². The number of fused-ring (bicyclic) bond motifs is 1. The van der Waals surface area contributed by atoms with Gasteiger partial charge in [-0.3, -0.25) is 0 Å². The van der Waals surface area contributed by atoms with E-state index in [1.807, 2.05) is 4.57 Å². The van der Waals surface area contributed by atoms with Crippen LogP contribution >= 0.6 is 0 Å². The summed E-state index contributed by atoms with van der Waals surface area (Å²) in [5.41, 5.74) is 0.846. The normalized spacial score (nSPS) is 11.6. The average molecular weight is 395 g/mol. The monoisotopic (exact) mass is 395 g/mol. The minimum atomic E-state index is -4.48. The molecule has 0 aliphatic carbocycles. The lowest BCUT2D eigenvalue weighted by atomic mass is 10.1. The van der Waals surface area contributed by atoms with E-state index < -0.39 is 11.7 Å². The van der Waals surface area contributed by atoms with Crippen molar-refractivity contribution in [1.82, 2.24) is 14.5 Å². The van der Waals surface area contributed by atoms with Crippen LogP contribution in [0.4, 0.5) is 30.6 Å². The standard InChI is InChI=1S/C18H20F3N5O2/c1-22-17-25-14-10-23-16(9-15(14)26(17)4-5-27-2)24-12-6-11(18(19,20)21)7-13(8-12)28-3/h6-10H,4-5H2,1-3H3,(H,22,25)(H,23,24). The van der Waals surface area contributed by atoms with Crippen LogP contribution in [0.2, 0.25) is 0 Å². The molecule has 3 rings (SSSR count). The number of pyridine rings is 1. The summed E-state index contributed by atoms with van der Waals surface area (Å²) in [4.78, 5) is 8.69. The lowest BCUT2D eigenvalue weighted by Crippen LogP contribution is -2.08. The predicted octanol–water partition coefficient (Wildman–Crippen LogP) is 3.89. The number of rotatable bonds is 7. The molecule has 0 amide bonds. The summed E-state index contributed by atoms with van der Waals surface area (Å²) in [6.07, 6.45) is -2.92. The van der Waals surface area contributed by atoms with Crippen molar-refractivity contribution in [3.8, 4) is 5.75 Å². The first-order valence-corrected chi connectivity index (χ1v) is 8.42. The molecule has 1 aromatic carbocycles. The Morgan fingerprint density at radius 2 is 1.93 bits per heavy atom. The number of imidazole rings is 1. The molecule has 0 saturated heterocycles. The van der Waals surface area contributed by atoms with Crippen molar-refractivity contribution in [2.24, 2.45) is 0 Å². The Morgan fingerprint density at radius 1 is 1.14 bits per heavy atom. The summed E-state index contributed by atoms with van der Waals surface area (Å²) in [5.74, 6) is 1.13. The van der Waals surface area contributed by atoms with Gasteiger partial charge in [0.05, 0.1) is 31.0 Å². The summed E-state index contributed by atoms with van der Waals surface area (Å²) < 4.78 is 51.4. The molecule has 7 nitrogen and oxygen atoms in total. The molecular weight excluding hydrogens is 375 g/mol. The average Bonchev–Trinajstić information content (AvgIpc) is 3.02. The van der Waals surface area contributed by atoms with Crippen LogP contribution in [0.3, 0.4) is 0 Å². The highest BCUT2D eigenvalue weighted by molar-refractivity contribution is 5.81. The number of ether oxygens (including phenoxy) is 2. The summed E-state index contributed by atoms with van der Waals surface area (Å²) in [7, 11) is 4.68. The van der Waals surface area contributed by atoms with Gasteiger partial charge < -0.3 is 24.7 Å². The largest absolute Gasteiger partial charge is 0.497 e. The fourth-order valence-corrected chi connectivity index (χ4v) is 2.80. The molecule has 2 aromatic heterocycles. The lowest BCUT2D eigenvalue weighted by Gasteiger charge is -2.13. The van der Waals surface area contributed by atoms with E-state index in [9.17, 15) is 13.2 Å². The predicted molar refractivity (Wildman–Crippen MR) is 100 cm³/mol. The molecule has 28 heavy (non-hydrogen) atoms. The molecule has 0 radical (unpaired) electrons. The van der Waals surface area contributed by atoms with Crippen molar-refractivity contribution in [2.45, 2.75) is 12.7 Å². The van der Waals surface area contributed by atoms with Gasteiger partial charge in [0.25, 0.3) is 0 Å². The molecule has 0 aliphatic rings. The van der Waals surface area contributed by atoms with E-state index in [2.05, 4.69) is 20.6 Å². The quantitative estimate of drug-likeness (QED) is 0.632. The van der Waals surface area contributed by atoms with Crippen LogP contribution in [-0.4, -0.2) is 42.4 Å². The highest BCUT2D eigenvalue weighted by atomic mass is 19.4. The van der Waals surface area contributed by atoms with Gasteiger partial charge in [-0.25, -0.2) is 9.97 Å². The first kappa shape index (κ1) is 19.7. The zero-order valence-corrected chi connectivity index (χ0v) is 15.6. The van der Waals surface area contributed by atoms with Crippen LogP contribution in [0, 0.1) is 0 Å². The maximum atomic E-state index is 13.1. The number of aromatic nitrogens is 3. The number of methoxy groups -OCH3 is 2. The van der Waals surface area contributed by atoms with E-state index in [0.717, 1.165) is 17.6 Å². The third-order valence-electron chi connectivity index (χ3n) is 4.12. The van der Waals surface area contributed by atoms with Crippen molar-refractivity contribution in [2.75, 3.05) is 38.5 Å².